The molecule has 1 N–H and O–H groups in total. The van der Waals surface area contributed by atoms with Gasteiger partial charge in [0, 0.05) is 16.1 Å². The van der Waals surface area contributed by atoms with Gasteiger partial charge in [-0.15, -0.1) is 0 Å². The number of halogens is 1. The highest BCUT2D eigenvalue weighted by molar-refractivity contribution is 9.10. The van der Waals surface area contributed by atoms with Crippen molar-refractivity contribution in [3.8, 4) is 0 Å². The average molecular weight is 270 g/mol. The first-order valence-corrected chi connectivity index (χ1v) is 6.20. The van der Waals surface area contributed by atoms with Crippen LogP contribution in [0.4, 0.5) is 0 Å². The molecule has 0 spiro atoms. The van der Waals surface area contributed by atoms with Gasteiger partial charge in [-0.25, -0.2) is 0 Å². The minimum absolute atomic E-state index is 0.155. The molecular formula is C13H20BrN. The van der Waals surface area contributed by atoms with Crippen molar-refractivity contribution in [1.82, 2.24) is 5.32 Å². The lowest BCUT2D eigenvalue weighted by molar-refractivity contribution is 0.353. The molecule has 2 heteroatoms. The molecule has 0 amide bonds. The molecule has 0 aromatic heterocycles. The van der Waals surface area contributed by atoms with Crippen molar-refractivity contribution in [2.45, 2.75) is 45.7 Å². The minimum Gasteiger partial charge on any atom is -0.309 e. The molecule has 0 bridgehead atoms. The zero-order valence-corrected chi connectivity index (χ0v) is 11.6. The third kappa shape index (κ3) is 4.80. The monoisotopic (exact) mass is 269 g/mol. The van der Waals surface area contributed by atoms with E-state index in [0.29, 0.717) is 6.04 Å². The second kappa shape index (κ2) is 5.13. The third-order valence-corrected chi connectivity index (χ3v) is 2.77. The zero-order chi connectivity index (χ0) is 11.5. The van der Waals surface area contributed by atoms with Crippen molar-refractivity contribution in [2.75, 3.05) is 0 Å². The van der Waals surface area contributed by atoms with Crippen LogP contribution >= 0.6 is 15.9 Å². The number of hydrogen-bond acceptors (Lipinski definition) is 1. The first kappa shape index (κ1) is 12.7. The van der Waals surface area contributed by atoms with Gasteiger partial charge in [0.05, 0.1) is 0 Å². The molecule has 0 aliphatic heterocycles. The van der Waals surface area contributed by atoms with Gasteiger partial charge in [0.15, 0.2) is 0 Å². The maximum absolute atomic E-state index is 3.57. The van der Waals surface area contributed by atoms with Gasteiger partial charge in [0.1, 0.15) is 0 Å². The van der Waals surface area contributed by atoms with Gasteiger partial charge in [0.25, 0.3) is 0 Å². The van der Waals surface area contributed by atoms with E-state index >= 15 is 0 Å². The van der Waals surface area contributed by atoms with E-state index < -0.39 is 0 Å². The molecule has 0 aliphatic carbocycles. The van der Waals surface area contributed by atoms with Gasteiger partial charge < -0.3 is 5.32 Å². The summed E-state index contributed by atoms with van der Waals surface area (Å²) < 4.78 is 1.14. The Balaban J connectivity index is 2.64. The largest absolute Gasteiger partial charge is 0.309 e. The maximum atomic E-state index is 3.57. The van der Waals surface area contributed by atoms with Crippen LogP contribution in [0.3, 0.4) is 0 Å². The average Bonchev–Trinajstić information content (AvgIpc) is 2.06. The highest BCUT2D eigenvalue weighted by Crippen LogP contribution is 2.16. The summed E-state index contributed by atoms with van der Waals surface area (Å²) in [5.41, 5.74) is 1.53. The Hall–Kier alpha value is -0.340. The van der Waals surface area contributed by atoms with Gasteiger partial charge in [-0.1, -0.05) is 41.9 Å². The first-order chi connectivity index (χ1) is 6.89. The van der Waals surface area contributed by atoms with Crippen molar-refractivity contribution in [3.63, 3.8) is 0 Å². The summed E-state index contributed by atoms with van der Waals surface area (Å²) in [6, 6.07) is 9.07. The predicted molar refractivity (Wildman–Crippen MR) is 70.2 cm³/mol. The van der Waals surface area contributed by atoms with E-state index in [2.05, 4.69) is 73.2 Å². The molecule has 1 rings (SSSR count). The van der Waals surface area contributed by atoms with Crippen molar-refractivity contribution >= 4 is 15.9 Å². The standard InChI is InChI=1S/C13H20BrN/c1-10(2)15-13(3,4)9-11-5-7-12(14)8-6-11/h5-8,10,15H,9H2,1-4H3. The molecule has 15 heavy (non-hydrogen) atoms. The van der Waals surface area contributed by atoms with Crippen LogP contribution in [0.25, 0.3) is 0 Å². The summed E-state index contributed by atoms with van der Waals surface area (Å²) in [4.78, 5) is 0. The van der Waals surface area contributed by atoms with Gasteiger partial charge in [0.2, 0.25) is 0 Å². The van der Waals surface area contributed by atoms with Crippen molar-refractivity contribution in [1.29, 1.82) is 0 Å². The van der Waals surface area contributed by atoms with Crippen LogP contribution in [0.2, 0.25) is 0 Å². The molecule has 1 aromatic carbocycles. The number of benzene rings is 1. The molecule has 0 saturated carbocycles. The SMILES string of the molecule is CC(C)NC(C)(C)Cc1ccc(Br)cc1. The molecule has 0 saturated heterocycles. The zero-order valence-electron chi connectivity index (χ0n) is 9.97. The van der Waals surface area contributed by atoms with E-state index in [1.54, 1.807) is 0 Å². The Morgan fingerprint density at radius 3 is 2.20 bits per heavy atom. The van der Waals surface area contributed by atoms with Gasteiger partial charge in [-0.2, -0.15) is 0 Å². The number of nitrogens with one attached hydrogen (secondary N) is 1. The van der Waals surface area contributed by atoms with E-state index in [4.69, 9.17) is 0 Å². The maximum Gasteiger partial charge on any atom is 0.0175 e. The Bertz CT molecular complexity index is 301. The fraction of sp³-hybridized carbons (Fsp3) is 0.538. The molecule has 0 fully saturated rings. The summed E-state index contributed by atoms with van der Waals surface area (Å²) in [6.45, 7) is 8.86. The molecule has 0 aliphatic rings. The van der Waals surface area contributed by atoms with Crippen LogP contribution in [0.5, 0.6) is 0 Å². The lowest BCUT2D eigenvalue weighted by Crippen LogP contribution is -2.45. The topological polar surface area (TPSA) is 12.0 Å². The lowest BCUT2D eigenvalue weighted by atomic mass is 9.94. The predicted octanol–water partition coefficient (Wildman–Crippen LogP) is 3.77. The Morgan fingerprint density at radius 1 is 1.20 bits per heavy atom. The Labute approximate surface area is 101 Å². The van der Waals surface area contributed by atoms with Crippen LogP contribution in [0, 0.1) is 0 Å². The first-order valence-electron chi connectivity index (χ1n) is 5.41. The molecule has 1 aromatic rings. The van der Waals surface area contributed by atoms with Gasteiger partial charge >= 0.3 is 0 Å². The lowest BCUT2D eigenvalue weighted by Gasteiger charge is -2.29. The molecular weight excluding hydrogens is 250 g/mol. The van der Waals surface area contributed by atoms with Crippen LogP contribution in [0.1, 0.15) is 33.3 Å². The third-order valence-electron chi connectivity index (χ3n) is 2.24. The molecule has 1 nitrogen and oxygen atoms in total. The quantitative estimate of drug-likeness (QED) is 0.878. The second-order valence-corrected chi connectivity index (χ2v) is 5.90. The van der Waals surface area contributed by atoms with Crippen LogP contribution in [-0.4, -0.2) is 11.6 Å². The molecule has 0 atom stereocenters. The van der Waals surface area contributed by atoms with Crippen molar-refractivity contribution in [3.05, 3.63) is 34.3 Å². The molecule has 0 unspecified atom stereocenters. The Morgan fingerprint density at radius 2 is 1.73 bits per heavy atom. The van der Waals surface area contributed by atoms with Crippen LogP contribution < -0.4 is 5.32 Å². The Kier molecular flexibility index (Phi) is 4.35. The van der Waals surface area contributed by atoms with Crippen molar-refractivity contribution in [2.24, 2.45) is 0 Å². The van der Waals surface area contributed by atoms with Gasteiger partial charge in [-0.05, 0) is 38.0 Å². The van der Waals surface area contributed by atoms with Gasteiger partial charge in [-0.3, -0.25) is 0 Å². The molecule has 84 valence electrons. The minimum atomic E-state index is 0.155. The van der Waals surface area contributed by atoms with E-state index in [9.17, 15) is 0 Å². The molecule has 0 radical (unpaired) electrons. The highest BCUT2D eigenvalue weighted by atomic mass is 79.9. The van der Waals surface area contributed by atoms with Crippen LogP contribution in [0.15, 0.2) is 28.7 Å². The normalized spacial score (nSPS) is 12.1. The number of rotatable bonds is 4. The summed E-state index contributed by atoms with van der Waals surface area (Å²) >= 11 is 3.45. The summed E-state index contributed by atoms with van der Waals surface area (Å²) in [5, 5.41) is 3.57. The fourth-order valence-corrected chi connectivity index (χ4v) is 2.21. The summed E-state index contributed by atoms with van der Waals surface area (Å²) in [7, 11) is 0. The fourth-order valence-electron chi connectivity index (χ4n) is 1.95. The highest BCUT2D eigenvalue weighted by Gasteiger charge is 2.18. The summed E-state index contributed by atoms with van der Waals surface area (Å²) in [5.74, 6) is 0. The van der Waals surface area contributed by atoms with E-state index in [-0.39, 0.29) is 5.54 Å². The van der Waals surface area contributed by atoms with Crippen molar-refractivity contribution < 1.29 is 0 Å². The van der Waals surface area contributed by atoms with Crippen LogP contribution in [-0.2, 0) is 6.42 Å². The van der Waals surface area contributed by atoms with E-state index in [1.807, 2.05) is 0 Å². The second-order valence-electron chi connectivity index (χ2n) is 4.99. The van der Waals surface area contributed by atoms with E-state index in [0.717, 1.165) is 10.9 Å². The molecule has 0 heterocycles. The summed E-state index contributed by atoms with van der Waals surface area (Å²) in [6.07, 6.45) is 1.05. The smallest absolute Gasteiger partial charge is 0.0175 e. The van der Waals surface area contributed by atoms with E-state index in [1.165, 1.54) is 5.56 Å². The number of hydrogen-bond donors (Lipinski definition) is 1.